The third kappa shape index (κ3) is 0.493. The Labute approximate surface area is 55.8 Å². The molecule has 0 aromatic carbocycles. The van der Waals surface area contributed by atoms with Crippen LogP contribution < -0.4 is 5.32 Å². The number of rotatable bonds is 0. The van der Waals surface area contributed by atoms with Crippen LogP contribution in [-0.4, -0.2) is 12.1 Å². The maximum atomic E-state index is 3.68. The van der Waals surface area contributed by atoms with Gasteiger partial charge in [-0.15, -0.1) is 0 Å². The van der Waals surface area contributed by atoms with E-state index in [0.717, 1.165) is 23.9 Å². The summed E-state index contributed by atoms with van der Waals surface area (Å²) in [7, 11) is 0. The zero-order valence-corrected chi connectivity index (χ0v) is 5.64. The molecule has 1 heteroatoms. The summed E-state index contributed by atoms with van der Waals surface area (Å²) in [6.45, 7) is 0. The minimum Gasteiger partial charge on any atom is -0.311 e. The van der Waals surface area contributed by atoms with Crippen LogP contribution in [-0.2, 0) is 0 Å². The molecule has 2 saturated heterocycles. The molecule has 50 valence electrons. The molecule has 4 aliphatic rings. The lowest BCUT2D eigenvalue weighted by Crippen LogP contribution is -2.35. The highest BCUT2D eigenvalue weighted by Crippen LogP contribution is 2.47. The Balaban J connectivity index is 2.00. The van der Waals surface area contributed by atoms with E-state index in [9.17, 15) is 0 Å². The second-order valence-electron chi connectivity index (χ2n) is 4.04. The van der Waals surface area contributed by atoms with Gasteiger partial charge >= 0.3 is 0 Å². The molecule has 2 aliphatic heterocycles. The van der Waals surface area contributed by atoms with Gasteiger partial charge in [-0.2, -0.15) is 0 Å². The lowest BCUT2D eigenvalue weighted by molar-refractivity contribution is 0.315. The molecule has 4 unspecified atom stereocenters. The first-order valence-corrected chi connectivity index (χ1v) is 4.18. The van der Waals surface area contributed by atoms with Crippen LogP contribution in [0.2, 0.25) is 0 Å². The minimum atomic E-state index is 0.937. The molecule has 2 aliphatic carbocycles. The van der Waals surface area contributed by atoms with Crippen LogP contribution in [0.3, 0.4) is 0 Å². The molecular formula is C8H13N. The summed E-state index contributed by atoms with van der Waals surface area (Å²) in [6.07, 6.45) is 6.05. The average Bonchev–Trinajstić information content (AvgIpc) is 2.20. The minimum absolute atomic E-state index is 0.937. The molecule has 4 rings (SSSR count). The Bertz CT molecular complexity index is 110. The summed E-state index contributed by atoms with van der Waals surface area (Å²) in [4.78, 5) is 0. The van der Waals surface area contributed by atoms with E-state index in [2.05, 4.69) is 5.32 Å². The lowest BCUT2D eigenvalue weighted by Gasteiger charge is -2.24. The van der Waals surface area contributed by atoms with Crippen molar-refractivity contribution in [3.8, 4) is 0 Å². The third-order valence-corrected chi connectivity index (χ3v) is 3.45. The number of hydrogen-bond donors (Lipinski definition) is 1. The Morgan fingerprint density at radius 1 is 1.00 bits per heavy atom. The van der Waals surface area contributed by atoms with Crippen molar-refractivity contribution in [2.45, 2.75) is 37.8 Å². The van der Waals surface area contributed by atoms with Crippen LogP contribution in [0.25, 0.3) is 0 Å². The summed E-state index contributed by atoms with van der Waals surface area (Å²) in [5.41, 5.74) is 0. The maximum absolute atomic E-state index is 3.68. The van der Waals surface area contributed by atoms with Gasteiger partial charge in [0.25, 0.3) is 0 Å². The molecule has 9 heavy (non-hydrogen) atoms. The standard InChI is InChI=1S/C8H13N/c1-5-2-7-4-6(1)8(3-5)9-7/h5-9H,1-4H2. The van der Waals surface area contributed by atoms with Crippen molar-refractivity contribution in [3.63, 3.8) is 0 Å². The van der Waals surface area contributed by atoms with E-state index in [-0.39, 0.29) is 0 Å². The first-order valence-electron chi connectivity index (χ1n) is 4.18. The Hall–Kier alpha value is -0.0400. The van der Waals surface area contributed by atoms with E-state index in [1.165, 1.54) is 19.3 Å². The molecule has 0 spiro atoms. The van der Waals surface area contributed by atoms with Gasteiger partial charge in [0.2, 0.25) is 0 Å². The van der Waals surface area contributed by atoms with Crippen molar-refractivity contribution in [2.24, 2.45) is 11.8 Å². The van der Waals surface area contributed by atoms with Crippen molar-refractivity contribution in [1.82, 2.24) is 5.32 Å². The Morgan fingerprint density at radius 2 is 2.00 bits per heavy atom. The largest absolute Gasteiger partial charge is 0.311 e. The van der Waals surface area contributed by atoms with E-state index in [1.54, 1.807) is 6.42 Å². The lowest BCUT2D eigenvalue weighted by atomic mass is 9.88. The fraction of sp³-hybridized carbons (Fsp3) is 1.00. The molecule has 4 fully saturated rings. The van der Waals surface area contributed by atoms with Crippen molar-refractivity contribution >= 4 is 0 Å². The zero-order chi connectivity index (χ0) is 5.84. The normalized spacial score (nSPS) is 61.3. The molecule has 0 aromatic rings. The van der Waals surface area contributed by atoms with Crippen molar-refractivity contribution in [3.05, 3.63) is 0 Å². The summed E-state index contributed by atoms with van der Waals surface area (Å²) in [6, 6.07) is 1.89. The van der Waals surface area contributed by atoms with Crippen LogP contribution in [0.5, 0.6) is 0 Å². The van der Waals surface area contributed by atoms with E-state index in [1.807, 2.05) is 0 Å². The number of hydrogen-bond acceptors (Lipinski definition) is 1. The third-order valence-electron chi connectivity index (χ3n) is 3.45. The quantitative estimate of drug-likeness (QED) is 0.509. The topological polar surface area (TPSA) is 12.0 Å². The molecule has 2 saturated carbocycles. The fourth-order valence-corrected chi connectivity index (χ4v) is 3.20. The van der Waals surface area contributed by atoms with Crippen LogP contribution in [0.1, 0.15) is 25.7 Å². The van der Waals surface area contributed by atoms with Gasteiger partial charge in [0.05, 0.1) is 0 Å². The number of piperidine rings is 1. The molecule has 4 atom stereocenters. The van der Waals surface area contributed by atoms with Gasteiger partial charge in [0.1, 0.15) is 0 Å². The first kappa shape index (κ1) is 4.73. The molecule has 1 nitrogen and oxygen atoms in total. The van der Waals surface area contributed by atoms with Gasteiger partial charge in [0, 0.05) is 12.1 Å². The second-order valence-corrected chi connectivity index (χ2v) is 4.04. The number of nitrogens with one attached hydrogen (secondary N) is 1. The molecule has 1 N–H and O–H groups in total. The second kappa shape index (κ2) is 1.34. The molecule has 0 aromatic heterocycles. The fourth-order valence-electron chi connectivity index (χ4n) is 3.20. The van der Waals surface area contributed by atoms with E-state index in [0.29, 0.717) is 0 Å². The molecule has 0 amide bonds. The van der Waals surface area contributed by atoms with Gasteiger partial charge in [-0.05, 0) is 37.5 Å². The van der Waals surface area contributed by atoms with Gasteiger partial charge in [0.15, 0.2) is 0 Å². The van der Waals surface area contributed by atoms with E-state index in [4.69, 9.17) is 0 Å². The van der Waals surface area contributed by atoms with Crippen LogP contribution in [0, 0.1) is 11.8 Å². The van der Waals surface area contributed by atoms with Crippen LogP contribution >= 0.6 is 0 Å². The summed E-state index contributed by atoms with van der Waals surface area (Å²) in [5, 5.41) is 3.68. The molecule has 4 bridgehead atoms. The molecule has 2 heterocycles. The van der Waals surface area contributed by atoms with Crippen molar-refractivity contribution < 1.29 is 0 Å². The Kier molecular flexibility index (Phi) is 0.704. The Morgan fingerprint density at radius 3 is 2.67 bits per heavy atom. The van der Waals surface area contributed by atoms with Crippen molar-refractivity contribution in [2.75, 3.05) is 0 Å². The van der Waals surface area contributed by atoms with Crippen molar-refractivity contribution in [1.29, 1.82) is 0 Å². The van der Waals surface area contributed by atoms with Gasteiger partial charge in [-0.3, -0.25) is 0 Å². The summed E-state index contributed by atoms with van der Waals surface area (Å²) in [5.74, 6) is 2.22. The molecular weight excluding hydrogens is 110 g/mol. The van der Waals surface area contributed by atoms with Crippen LogP contribution in [0.4, 0.5) is 0 Å². The maximum Gasteiger partial charge on any atom is 0.0101 e. The van der Waals surface area contributed by atoms with Gasteiger partial charge < -0.3 is 5.32 Å². The predicted octanol–water partition coefficient (Wildman–Crippen LogP) is 1.15. The molecule has 0 radical (unpaired) electrons. The SMILES string of the molecule is C1C2CC3CC1NC3C2. The summed E-state index contributed by atoms with van der Waals surface area (Å²) >= 11 is 0. The highest BCUT2D eigenvalue weighted by atomic mass is 15.0. The highest BCUT2D eigenvalue weighted by Gasteiger charge is 2.46. The van der Waals surface area contributed by atoms with Gasteiger partial charge in [-0.25, -0.2) is 0 Å². The van der Waals surface area contributed by atoms with E-state index >= 15 is 0 Å². The summed E-state index contributed by atoms with van der Waals surface area (Å²) < 4.78 is 0. The zero-order valence-electron chi connectivity index (χ0n) is 5.64. The monoisotopic (exact) mass is 123 g/mol. The highest BCUT2D eigenvalue weighted by molar-refractivity contribution is 5.03. The van der Waals surface area contributed by atoms with Gasteiger partial charge in [-0.1, -0.05) is 0 Å². The smallest absolute Gasteiger partial charge is 0.0101 e. The first-order chi connectivity index (χ1) is 4.42. The average molecular weight is 123 g/mol. The van der Waals surface area contributed by atoms with E-state index < -0.39 is 0 Å². The predicted molar refractivity (Wildman–Crippen MR) is 36.2 cm³/mol. The van der Waals surface area contributed by atoms with Crippen LogP contribution in [0.15, 0.2) is 0 Å².